The standard InChI is InChI=1S/C21H28N2O3/c1-5-23-18-13-16(22)9-10-17(18)19(24)20(21(23)25)26-12-11-15(4)8-6-7-14(2)3/h7,9-11,13,24H,5-6,8,12,22H2,1-4H3/b15-11+. The summed E-state index contributed by atoms with van der Waals surface area (Å²) in [5.41, 5.74) is 9.11. The van der Waals surface area contributed by atoms with E-state index in [1.54, 1.807) is 22.8 Å². The average molecular weight is 356 g/mol. The molecule has 0 radical (unpaired) electrons. The van der Waals surface area contributed by atoms with E-state index in [0.717, 1.165) is 12.8 Å². The first kappa shape index (κ1) is 19.6. The number of aromatic hydroxyl groups is 1. The zero-order valence-corrected chi connectivity index (χ0v) is 16.0. The number of pyridine rings is 1. The second-order valence-electron chi connectivity index (χ2n) is 6.69. The van der Waals surface area contributed by atoms with Crippen molar-refractivity contribution >= 4 is 16.6 Å². The highest BCUT2D eigenvalue weighted by Crippen LogP contribution is 2.32. The highest BCUT2D eigenvalue weighted by Gasteiger charge is 2.17. The van der Waals surface area contributed by atoms with Crippen LogP contribution in [0.3, 0.4) is 0 Å². The summed E-state index contributed by atoms with van der Waals surface area (Å²) >= 11 is 0. The number of nitrogens with two attached hydrogens (primary N) is 1. The van der Waals surface area contributed by atoms with E-state index in [9.17, 15) is 9.90 Å². The molecule has 0 unspecified atom stereocenters. The Morgan fingerprint density at radius 3 is 2.65 bits per heavy atom. The number of rotatable bonds is 7. The number of ether oxygens (including phenoxy) is 1. The molecule has 1 aromatic carbocycles. The SMILES string of the molecule is CCn1c(=O)c(OC/C=C(\C)CCC=C(C)C)c(O)c2ccc(N)cc21. The van der Waals surface area contributed by atoms with Gasteiger partial charge in [-0.15, -0.1) is 0 Å². The van der Waals surface area contributed by atoms with E-state index in [-0.39, 0.29) is 23.7 Å². The minimum absolute atomic E-state index is 0.0162. The van der Waals surface area contributed by atoms with Crippen LogP contribution in [0.2, 0.25) is 0 Å². The summed E-state index contributed by atoms with van der Waals surface area (Å²) in [6.07, 6.45) is 6.06. The first-order valence-electron chi connectivity index (χ1n) is 8.92. The summed E-state index contributed by atoms with van der Waals surface area (Å²) in [7, 11) is 0. The molecule has 3 N–H and O–H groups in total. The Kier molecular flexibility index (Phi) is 6.50. The molecular weight excluding hydrogens is 328 g/mol. The number of hydrogen-bond acceptors (Lipinski definition) is 4. The van der Waals surface area contributed by atoms with E-state index >= 15 is 0 Å². The molecule has 0 bridgehead atoms. The Bertz CT molecular complexity index is 904. The zero-order valence-electron chi connectivity index (χ0n) is 16.0. The number of nitrogen functional groups attached to an aromatic ring is 1. The van der Waals surface area contributed by atoms with Crippen LogP contribution in [0, 0.1) is 0 Å². The van der Waals surface area contributed by atoms with E-state index < -0.39 is 0 Å². The van der Waals surface area contributed by atoms with Crippen LogP contribution in [0.25, 0.3) is 10.9 Å². The molecule has 0 aliphatic rings. The predicted molar refractivity (Wildman–Crippen MR) is 108 cm³/mol. The number of allylic oxidation sites excluding steroid dienone is 3. The summed E-state index contributed by atoms with van der Waals surface area (Å²) < 4.78 is 7.20. The molecule has 0 fully saturated rings. The molecule has 0 atom stereocenters. The third kappa shape index (κ3) is 4.48. The number of benzene rings is 1. The fourth-order valence-electron chi connectivity index (χ4n) is 2.83. The molecule has 140 valence electrons. The van der Waals surface area contributed by atoms with Crippen molar-refractivity contribution in [3.05, 3.63) is 51.9 Å². The summed E-state index contributed by atoms with van der Waals surface area (Å²) in [5.74, 6) is -0.150. The molecule has 2 rings (SSSR count). The summed E-state index contributed by atoms with van der Waals surface area (Å²) in [6.45, 7) is 8.78. The minimum atomic E-state index is -0.348. The van der Waals surface area contributed by atoms with Gasteiger partial charge in [0.05, 0.1) is 5.52 Å². The van der Waals surface area contributed by atoms with Crippen molar-refractivity contribution < 1.29 is 9.84 Å². The minimum Gasteiger partial charge on any atom is -0.504 e. The van der Waals surface area contributed by atoms with Gasteiger partial charge in [-0.25, -0.2) is 0 Å². The highest BCUT2D eigenvalue weighted by molar-refractivity contribution is 5.89. The fraction of sp³-hybridized carbons (Fsp3) is 0.381. The van der Waals surface area contributed by atoms with Crippen molar-refractivity contribution in [1.82, 2.24) is 4.57 Å². The van der Waals surface area contributed by atoms with Crippen LogP contribution in [-0.4, -0.2) is 16.3 Å². The molecular formula is C21H28N2O3. The Morgan fingerprint density at radius 2 is 2.00 bits per heavy atom. The number of anilines is 1. The van der Waals surface area contributed by atoms with Gasteiger partial charge in [0.25, 0.3) is 5.56 Å². The lowest BCUT2D eigenvalue weighted by Gasteiger charge is -2.14. The number of aromatic nitrogens is 1. The maximum Gasteiger partial charge on any atom is 0.297 e. The third-order valence-electron chi connectivity index (χ3n) is 4.29. The van der Waals surface area contributed by atoms with Crippen LogP contribution in [0.5, 0.6) is 11.5 Å². The number of aryl methyl sites for hydroxylation is 1. The summed E-state index contributed by atoms with van der Waals surface area (Å²) in [4.78, 5) is 12.7. The van der Waals surface area contributed by atoms with Crippen molar-refractivity contribution in [3.63, 3.8) is 0 Å². The maximum absolute atomic E-state index is 12.7. The van der Waals surface area contributed by atoms with Crippen molar-refractivity contribution in [2.45, 2.75) is 47.1 Å². The molecule has 1 heterocycles. The number of fused-ring (bicyclic) bond motifs is 1. The molecule has 0 saturated heterocycles. The largest absolute Gasteiger partial charge is 0.504 e. The van der Waals surface area contributed by atoms with Gasteiger partial charge in [-0.2, -0.15) is 0 Å². The van der Waals surface area contributed by atoms with Crippen molar-refractivity contribution in [2.75, 3.05) is 12.3 Å². The first-order chi connectivity index (χ1) is 12.3. The zero-order chi connectivity index (χ0) is 19.3. The Hall–Kier alpha value is -2.69. The normalized spacial score (nSPS) is 11.6. The van der Waals surface area contributed by atoms with Gasteiger partial charge < -0.3 is 20.1 Å². The second-order valence-corrected chi connectivity index (χ2v) is 6.69. The van der Waals surface area contributed by atoms with Gasteiger partial charge in [0, 0.05) is 17.6 Å². The monoisotopic (exact) mass is 356 g/mol. The first-order valence-corrected chi connectivity index (χ1v) is 8.92. The van der Waals surface area contributed by atoms with Crippen molar-refractivity contribution in [3.8, 4) is 11.5 Å². The average Bonchev–Trinajstić information content (AvgIpc) is 2.57. The van der Waals surface area contributed by atoms with Gasteiger partial charge in [-0.3, -0.25) is 4.79 Å². The van der Waals surface area contributed by atoms with Gasteiger partial charge in [0.2, 0.25) is 5.75 Å². The van der Waals surface area contributed by atoms with Crippen LogP contribution in [0.15, 0.2) is 46.3 Å². The Labute approximate surface area is 154 Å². The van der Waals surface area contributed by atoms with E-state index in [1.807, 2.05) is 19.9 Å². The van der Waals surface area contributed by atoms with Crippen LogP contribution in [-0.2, 0) is 6.54 Å². The van der Waals surface area contributed by atoms with E-state index in [0.29, 0.717) is 23.1 Å². The van der Waals surface area contributed by atoms with Crippen LogP contribution in [0.1, 0.15) is 40.5 Å². The lowest BCUT2D eigenvalue weighted by atomic mass is 10.1. The van der Waals surface area contributed by atoms with Crippen LogP contribution >= 0.6 is 0 Å². The molecule has 1 aromatic heterocycles. The molecule has 0 saturated carbocycles. The van der Waals surface area contributed by atoms with Gasteiger partial charge in [0.1, 0.15) is 6.61 Å². The highest BCUT2D eigenvalue weighted by atomic mass is 16.5. The van der Waals surface area contributed by atoms with Gasteiger partial charge in [-0.1, -0.05) is 17.2 Å². The molecule has 5 nitrogen and oxygen atoms in total. The molecule has 0 aliphatic heterocycles. The van der Waals surface area contributed by atoms with Gasteiger partial charge >= 0.3 is 0 Å². The van der Waals surface area contributed by atoms with E-state index in [2.05, 4.69) is 19.9 Å². The summed E-state index contributed by atoms with van der Waals surface area (Å²) in [5, 5.41) is 11.1. The second kappa shape index (κ2) is 8.61. The lowest BCUT2D eigenvalue weighted by Crippen LogP contribution is -2.22. The third-order valence-corrected chi connectivity index (χ3v) is 4.29. The fourth-order valence-corrected chi connectivity index (χ4v) is 2.83. The molecule has 0 aliphatic carbocycles. The molecule has 0 spiro atoms. The van der Waals surface area contributed by atoms with E-state index in [4.69, 9.17) is 10.5 Å². The summed E-state index contributed by atoms with van der Waals surface area (Å²) in [6, 6.07) is 5.10. The molecule has 5 heteroatoms. The Balaban J connectivity index is 2.26. The molecule has 26 heavy (non-hydrogen) atoms. The maximum atomic E-state index is 12.7. The van der Waals surface area contributed by atoms with Crippen molar-refractivity contribution in [2.24, 2.45) is 0 Å². The smallest absolute Gasteiger partial charge is 0.297 e. The lowest BCUT2D eigenvalue weighted by molar-refractivity contribution is 0.329. The topological polar surface area (TPSA) is 77.5 Å². The Morgan fingerprint density at radius 1 is 1.27 bits per heavy atom. The van der Waals surface area contributed by atoms with Gasteiger partial charge in [0.15, 0.2) is 5.75 Å². The predicted octanol–water partition coefficient (Wildman–Crippen LogP) is 4.38. The van der Waals surface area contributed by atoms with Gasteiger partial charge in [-0.05, 0) is 64.8 Å². The van der Waals surface area contributed by atoms with Crippen LogP contribution < -0.4 is 16.0 Å². The quantitative estimate of drug-likeness (QED) is 0.570. The molecule has 0 amide bonds. The van der Waals surface area contributed by atoms with Crippen LogP contribution in [0.4, 0.5) is 5.69 Å². The van der Waals surface area contributed by atoms with E-state index in [1.165, 1.54) is 11.1 Å². The molecule has 2 aromatic rings. The number of hydrogen-bond donors (Lipinski definition) is 2. The van der Waals surface area contributed by atoms with Crippen molar-refractivity contribution in [1.29, 1.82) is 0 Å². The number of nitrogens with zero attached hydrogens (tertiary/aromatic N) is 1.